The normalized spacial score (nSPS) is 12.8. The van der Waals surface area contributed by atoms with Gasteiger partial charge in [0.25, 0.3) is 0 Å². The molecule has 20 heavy (non-hydrogen) atoms. The number of hydrogen-bond donors (Lipinski definition) is 1. The Kier molecular flexibility index (Phi) is 3.47. The second-order valence-electron chi connectivity index (χ2n) is 4.66. The average Bonchev–Trinajstić information content (AvgIpc) is 2.84. The molecule has 0 aliphatic rings. The van der Waals surface area contributed by atoms with Crippen LogP contribution in [0.3, 0.4) is 0 Å². The number of aliphatic hydroxyl groups is 1. The van der Waals surface area contributed by atoms with E-state index < -0.39 is 6.10 Å². The molecule has 0 bridgehead atoms. The van der Waals surface area contributed by atoms with E-state index in [2.05, 4.69) is 0 Å². The average molecular weight is 291 g/mol. The van der Waals surface area contributed by atoms with E-state index in [1.165, 1.54) is 12.1 Å². The van der Waals surface area contributed by atoms with Crippen LogP contribution in [0.1, 0.15) is 17.4 Å². The first-order valence-electron chi connectivity index (χ1n) is 6.24. The lowest BCUT2D eigenvalue weighted by molar-refractivity contribution is 0.152. The Bertz CT molecular complexity index is 751. The standard InChI is InChI=1S/C16H12ClFO2/c17-13-6-2-4-11-9-15(20-16(11)13)14(19)8-10-3-1-5-12(18)7-10/h1-7,9,14,19H,8H2. The summed E-state index contributed by atoms with van der Waals surface area (Å²) in [4.78, 5) is 0. The van der Waals surface area contributed by atoms with E-state index >= 15 is 0 Å². The van der Waals surface area contributed by atoms with Crippen molar-refractivity contribution in [2.24, 2.45) is 0 Å². The summed E-state index contributed by atoms with van der Waals surface area (Å²) >= 11 is 6.03. The third-order valence-electron chi connectivity index (χ3n) is 3.16. The molecule has 1 unspecified atom stereocenters. The molecule has 0 aliphatic carbocycles. The Hall–Kier alpha value is -1.84. The van der Waals surface area contributed by atoms with Crippen LogP contribution in [0.25, 0.3) is 11.0 Å². The summed E-state index contributed by atoms with van der Waals surface area (Å²) < 4.78 is 18.7. The minimum atomic E-state index is -0.833. The predicted octanol–water partition coefficient (Wildman–Crippen LogP) is 4.50. The van der Waals surface area contributed by atoms with Crippen molar-refractivity contribution in [1.29, 1.82) is 0 Å². The van der Waals surface area contributed by atoms with E-state index in [9.17, 15) is 9.50 Å². The summed E-state index contributed by atoms with van der Waals surface area (Å²) in [5, 5.41) is 11.5. The molecule has 102 valence electrons. The van der Waals surface area contributed by atoms with Crippen LogP contribution < -0.4 is 0 Å². The molecule has 3 aromatic rings. The van der Waals surface area contributed by atoms with Crippen molar-refractivity contribution in [2.45, 2.75) is 12.5 Å². The first-order chi connectivity index (χ1) is 9.63. The van der Waals surface area contributed by atoms with Gasteiger partial charge in [-0.1, -0.05) is 35.9 Å². The van der Waals surface area contributed by atoms with Gasteiger partial charge in [-0.25, -0.2) is 4.39 Å². The van der Waals surface area contributed by atoms with Gasteiger partial charge >= 0.3 is 0 Å². The van der Waals surface area contributed by atoms with Gasteiger partial charge in [0.2, 0.25) is 0 Å². The van der Waals surface area contributed by atoms with Crippen molar-refractivity contribution in [1.82, 2.24) is 0 Å². The highest BCUT2D eigenvalue weighted by Crippen LogP contribution is 2.30. The Balaban J connectivity index is 1.89. The summed E-state index contributed by atoms with van der Waals surface area (Å²) in [5.74, 6) is 0.111. The number of rotatable bonds is 3. The molecule has 1 atom stereocenters. The maximum Gasteiger partial charge on any atom is 0.152 e. The van der Waals surface area contributed by atoms with Crippen LogP contribution in [0.2, 0.25) is 5.02 Å². The summed E-state index contributed by atoms with van der Waals surface area (Å²) in [6, 6.07) is 13.3. The molecule has 0 amide bonds. The van der Waals surface area contributed by atoms with Gasteiger partial charge in [0.05, 0.1) is 5.02 Å². The molecule has 0 saturated heterocycles. The van der Waals surface area contributed by atoms with Crippen molar-refractivity contribution in [2.75, 3.05) is 0 Å². The third-order valence-corrected chi connectivity index (χ3v) is 3.46. The van der Waals surface area contributed by atoms with Crippen LogP contribution >= 0.6 is 11.6 Å². The summed E-state index contributed by atoms with van der Waals surface area (Å²) in [5.41, 5.74) is 1.27. The minimum absolute atomic E-state index is 0.287. The van der Waals surface area contributed by atoms with Gasteiger partial charge < -0.3 is 9.52 Å². The molecule has 1 N–H and O–H groups in total. The zero-order valence-corrected chi connectivity index (χ0v) is 11.3. The van der Waals surface area contributed by atoms with Gasteiger partial charge in [-0.05, 0) is 29.8 Å². The highest BCUT2D eigenvalue weighted by Gasteiger charge is 2.15. The van der Waals surface area contributed by atoms with Gasteiger partial charge in [0.15, 0.2) is 5.58 Å². The molecule has 3 rings (SSSR count). The van der Waals surface area contributed by atoms with E-state index in [-0.39, 0.29) is 12.2 Å². The molecule has 0 saturated carbocycles. The van der Waals surface area contributed by atoms with Gasteiger partial charge in [-0.15, -0.1) is 0 Å². The van der Waals surface area contributed by atoms with Crippen LogP contribution in [0.15, 0.2) is 52.9 Å². The number of para-hydroxylation sites is 1. The first-order valence-corrected chi connectivity index (χ1v) is 6.62. The Morgan fingerprint density at radius 2 is 1.95 bits per heavy atom. The fraction of sp³-hybridized carbons (Fsp3) is 0.125. The summed E-state index contributed by atoms with van der Waals surface area (Å²) in [7, 11) is 0. The molecule has 0 spiro atoms. The Labute approximate surface area is 120 Å². The topological polar surface area (TPSA) is 33.4 Å². The lowest BCUT2D eigenvalue weighted by atomic mass is 10.1. The zero-order chi connectivity index (χ0) is 14.1. The highest BCUT2D eigenvalue weighted by atomic mass is 35.5. The van der Waals surface area contributed by atoms with E-state index in [0.29, 0.717) is 21.9 Å². The van der Waals surface area contributed by atoms with E-state index in [0.717, 1.165) is 5.39 Å². The molecule has 1 aromatic heterocycles. The van der Waals surface area contributed by atoms with Gasteiger partial charge in [0, 0.05) is 11.8 Å². The van der Waals surface area contributed by atoms with Gasteiger partial charge in [-0.3, -0.25) is 0 Å². The lowest BCUT2D eigenvalue weighted by Gasteiger charge is -2.07. The molecule has 0 radical (unpaired) electrons. The van der Waals surface area contributed by atoms with Crippen LogP contribution in [0, 0.1) is 5.82 Å². The summed E-state index contributed by atoms with van der Waals surface area (Å²) in [6.45, 7) is 0. The quantitative estimate of drug-likeness (QED) is 0.770. The van der Waals surface area contributed by atoms with Crippen molar-refractivity contribution >= 4 is 22.6 Å². The van der Waals surface area contributed by atoms with Crippen molar-refractivity contribution in [3.8, 4) is 0 Å². The van der Waals surface area contributed by atoms with Gasteiger partial charge in [0.1, 0.15) is 17.7 Å². The molecule has 4 heteroatoms. The smallest absolute Gasteiger partial charge is 0.152 e. The maximum absolute atomic E-state index is 13.1. The number of halogens is 2. The molecular formula is C16H12ClFO2. The molecule has 2 aromatic carbocycles. The fourth-order valence-electron chi connectivity index (χ4n) is 2.20. The van der Waals surface area contributed by atoms with E-state index in [1.54, 1.807) is 24.3 Å². The van der Waals surface area contributed by atoms with Crippen LogP contribution in [0.4, 0.5) is 4.39 Å². The molecule has 2 nitrogen and oxygen atoms in total. The fourth-order valence-corrected chi connectivity index (χ4v) is 2.42. The Morgan fingerprint density at radius 1 is 1.15 bits per heavy atom. The SMILES string of the molecule is OC(Cc1cccc(F)c1)c1cc2cccc(Cl)c2o1. The number of fused-ring (bicyclic) bond motifs is 1. The monoisotopic (exact) mass is 290 g/mol. The maximum atomic E-state index is 13.1. The number of aliphatic hydroxyl groups excluding tert-OH is 1. The van der Waals surface area contributed by atoms with E-state index in [4.69, 9.17) is 16.0 Å². The Morgan fingerprint density at radius 3 is 2.70 bits per heavy atom. The van der Waals surface area contributed by atoms with Crippen molar-refractivity contribution in [3.05, 3.63) is 70.7 Å². The molecule has 1 heterocycles. The first kappa shape index (κ1) is 13.2. The third kappa shape index (κ3) is 2.55. The molecule has 0 aliphatic heterocycles. The largest absolute Gasteiger partial charge is 0.457 e. The lowest BCUT2D eigenvalue weighted by Crippen LogP contribution is -2.00. The van der Waals surface area contributed by atoms with Crippen molar-refractivity contribution in [3.63, 3.8) is 0 Å². The van der Waals surface area contributed by atoms with Crippen LogP contribution in [-0.2, 0) is 6.42 Å². The number of furan rings is 1. The minimum Gasteiger partial charge on any atom is -0.457 e. The number of benzene rings is 2. The second kappa shape index (κ2) is 5.27. The highest BCUT2D eigenvalue weighted by molar-refractivity contribution is 6.34. The summed E-state index contributed by atoms with van der Waals surface area (Å²) in [6.07, 6.45) is -0.546. The second-order valence-corrected chi connectivity index (χ2v) is 5.06. The molecule has 0 fully saturated rings. The van der Waals surface area contributed by atoms with Crippen LogP contribution in [0.5, 0.6) is 0 Å². The van der Waals surface area contributed by atoms with Crippen molar-refractivity contribution < 1.29 is 13.9 Å². The van der Waals surface area contributed by atoms with Crippen LogP contribution in [-0.4, -0.2) is 5.11 Å². The predicted molar refractivity (Wildman–Crippen MR) is 76.3 cm³/mol. The van der Waals surface area contributed by atoms with E-state index in [1.807, 2.05) is 12.1 Å². The molecular weight excluding hydrogens is 279 g/mol. The zero-order valence-electron chi connectivity index (χ0n) is 10.5. The number of hydrogen-bond acceptors (Lipinski definition) is 2. The van der Waals surface area contributed by atoms with Gasteiger partial charge in [-0.2, -0.15) is 0 Å².